The highest BCUT2D eigenvalue weighted by molar-refractivity contribution is 7.90. The van der Waals surface area contributed by atoms with Gasteiger partial charge in [-0.1, -0.05) is 42.5 Å². The molecule has 4 N–H and O–H groups in total. The monoisotopic (exact) mass is 424 g/mol. The van der Waals surface area contributed by atoms with Crippen molar-refractivity contribution in [1.82, 2.24) is 0 Å². The molecule has 2 aromatic carbocycles. The highest BCUT2D eigenvalue weighted by Crippen LogP contribution is 2.37. The van der Waals surface area contributed by atoms with Gasteiger partial charge in [-0.15, -0.1) is 0 Å². The number of benzene rings is 2. The Morgan fingerprint density at radius 3 is 2.17 bits per heavy atom. The number of primary amides is 1. The lowest BCUT2D eigenvalue weighted by Gasteiger charge is -2.26. The fourth-order valence-electron chi connectivity index (χ4n) is 3.06. The lowest BCUT2D eigenvalue weighted by atomic mass is 9.65. The fraction of sp³-hybridized carbons (Fsp3) is 0.111. The van der Waals surface area contributed by atoms with Crippen molar-refractivity contribution < 1.29 is 26.9 Å². The van der Waals surface area contributed by atoms with Crippen molar-refractivity contribution in [3.05, 3.63) is 82.9 Å². The zero-order valence-electron chi connectivity index (χ0n) is 16.7. The van der Waals surface area contributed by atoms with Crippen molar-refractivity contribution >= 4 is 45.3 Å². The maximum Gasteiger partial charge on any atom is 0.304 e. The average molecular weight is 424 g/mol. The SMILES string of the molecule is BC(B)(c1ccccc1)S(=O)(=O)OC1=C(N)O[C@](B)(c2ccc(C(N)=O)cc2)C1=O. The van der Waals surface area contributed by atoms with Crippen LogP contribution < -0.4 is 11.5 Å². The lowest BCUT2D eigenvalue weighted by molar-refractivity contribution is -0.126. The summed E-state index contributed by atoms with van der Waals surface area (Å²) in [7, 11) is 0.0623. The van der Waals surface area contributed by atoms with Crippen LogP contribution in [0.5, 0.6) is 0 Å². The van der Waals surface area contributed by atoms with Crippen LogP contribution in [0.2, 0.25) is 0 Å². The third-order valence-electron chi connectivity index (χ3n) is 5.18. The molecule has 0 unspecified atom stereocenters. The number of Topliss-reactive ketones (excluding diaryl/α,β-unsaturated/α-hetero) is 1. The van der Waals surface area contributed by atoms with Crippen LogP contribution >= 0.6 is 0 Å². The maximum atomic E-state index is 13.1. The van der Waals surface area contributed by atoms with E-state index >= 15 is 0 Å². The Morgan fingerprint density at radius 2 is 1.63 bits per heavy atom. The molecule has 30 heavy (non-hydrogen) atoms. The van der Waals surface area contributed by atoms with E-state index in [1.165, 1.54) is 47.8 Å². The second kappa shape index (κ2) is 7.28. The number of amides is 1. The summed E-state index contributed by atoms with van der Waals surface area (Å²) in [6.45, 7) is 0. The molecule has 0 saturated carbocycles. The Kier molecular flexibility index (Phi) is 5.24. The molecule has 1 heterocycles. The van der Waals surface area contributed by atoms with Crippen LogP contribution in [0.25, 0.3) is 0 Å². The summed E-state index contributed by atoms with van der Waals surface area (Å²) >= 11 is 0. The number of ketones is 1. The van der Waals surface area contributed by atoms with E-state index in [9.17, 15) is 18.0 Å². The zero-order chi connectivity index (χ0) is 22.3. The third-order valence-corrected chi connectivity index (χ3v) is 7.06. The Bertz CT molecular complexity index is 1150. The molecular weight excluding hydrogens is 405 g/mol. The summed E-state index contributed by atoms with van der Waals surface area (Å²) in [6.07, 6.45) is 0. The molecule has 2 aromatic rings. The molecule has 12 heteroatoms. The molecule has 0 aliphatic carbocycles. The summed E-state index contributed by atoms with van der Waals surface area (Å²) in [5.41, 5.74) is 10.5. The Morgan fingerprint density at radius 1 is 1.07 bits per heavy atom. The van der Waals surface area contributed by atoms with Gasteiger partial charge < -0.3 is 20.4 Å². The molecule has 0 fully saturated rings. The van der Waals surface area contributed by atoms with Gasteiger partial charge in [-0.05, 0) is 23.3 Å². The summed E-state index contributed by atoms with van der Waals surface area (Å²) in [5, 5.41) is 0. The summed E-state index contributed by atoms with van der Waals surface area (Å²) in [4.78, 5) is 24.3. The number of carbonyl (C=O) groups is 2. The predicted octanol–water partition coefficient (Wildman–Crippen LogP) is -2.28. The molecule has 152 valence electrons. The molecule has 1 atom stereocenters. The van der Waals surface area contributed by atoms with Gasteiger partial charge in [0.05, 0.1) is 4.55 Å². The number of ether oxygens (including phenoxy) is 1. The zero-order valence-corrected chi connectivity index (χ0v) is 17.5. The van der Waals surface area contributed by atoms with E-state index in [4.69, 9.17) is 20.4 Å². The quantitative estimate of drug-likeness (QED) is 0.394. The van der Waals surface area contributed by atoms with E-state index in [-0.39, 0.29) is 5.56 Å². The molecule has 1 amide bonds. The topological polar surface area (TPSA) is 139 Å². The van der Waals surface area contributed by atoms with E-state index in [0.29, 0.717) is 11.1 Å². The van der Waals surface area contributed by atoms with Crippen molar-refractivity contribution in [3.63, 3.8) is 0 Å². The highest BCUT2D eigenvalue weighted by Gasteiger charge is 2.50. The molecule has 0 radical (unpaired) electrons. The van der Waals surface area contributed by atoms with E-state index in [1.54, 1.807) is 30.3 Å². The van der Waals surface area contributed by atoms with E-state index < -0.39 is 43.5 Å². The molecule has 0 spiro atoms. The first-order valence-electron chi connectivity index (χ1n) is 9.03. The van der Waals surface area contributed by atoms with Gasteiger partial charge in [0.25, 0.3) is 0 Å². The second-order valence-electron chi connectivity index (χ2n) is 7.51. The maximum absolute atomic E-state index is 13.1. The minimum Gasteiger partial charge on any atom is -0.467 e. The van der Waals surface area contributed by atoms with E-state index in [2.05, 4.69) is 0 Å². The van der Waals surface area contributed by atoms with Crippen LogP contribution in [0.1, 0.15) is 21.5 Å². The predicted molar refractivity (Wildman–Crippen MR) is 118 cm³/mol. The van der Waals surface area contributed by atoms with Crippen LogP contribution in [-0.2, 0) is 33.9 Å². The number of rotatable bonds is 6. The minimum absolute atomic E-state index is 0.248. The van der Waals surface area contributed by atoms with Crippen LogP contribution in [0.3, 0.4) is 0 Å². The van der Waals surface area contributed by atoms with Crippen molar-refractivity contribution in [2.45, 2.75) is 10.0 Å². The molecule has 8 nitrogen and oxygen atoms in total. The smallest absolute Gasteiger partial charge is 0.304 e. The van der Waals surface area contributed by atoms with Crippen molar-refractivity contribution in [3.8, 4) is 0 Å². The number of carbonyl (C=O) groups excluding carboxylic acids is 2. The number of nitrogens with two attached hydrogens (primary N) is 2. The highest BCUT2D eigenvalue weighted by atomic mass is 32.2. The standard InChI is InChI=1S/C18H19B3N2O6S/c19-17(11-8-6-10(7-9-11)15(22)25)14(24)13(16(23)28-17)29-30(26,27)18(20,21)12-4-2-1-3-5-12/h1-9H,19-21,23H2,(H2,22,25)/t17-/m1/s1. The first-order valence-corrected chi connectivity index (χ1v) is 10.4. The van der Waals surface area contributed by atoms with Crippen molar-refractivity contribution in [1.29, 1.82) is 0 Å². The summed E-state index contributed by atoms with van der Waals surface area (Å²) in [6, 6.07) is 14.3. The third kappa shape index (κ3) is 3.47. The molecular formula is C18H19B3N2O6S. The van der Waals surface area contributed by atoms with E-state index in [0.717, 1.165) is 0 Å². The van der Waals surface area contributed by atoms with Gasteiger partial charge in [0.15, 0.2) is 13.3 Å². The normalized spacial score (nSPS) is 19.4. The molecule has 3 rings (SSSR count). The lowest BCUT2D eigenvalue weighted by Crippen LogP contribution is -2.40. The molecule has 1 aliphatic heterocycles. The van der Waals surface area contributed by atoms with Gasteiger partial charge in [0.2, 0.25) is 23.3 Å². The largest absolute Gasteiger partial charge is 0.467 e. The van der Waals surface area contributed by atoms with Crippen molar-refractivity contribution in [2.24, 2.45) is 11.5 Å². The molecule has 0 saturated heterocycles. The first kappa shape index (κ1) is 21.6. The van der Waals surface area contributed by atoms with Gasteiger partial charge in [-0.2, -0.15) is 8.42 Å². The van der Waals surface area contributed by atoms with Crippen LogP contribution in [0.4, 0.5) is 0 Å². The average Bonchev–Trinajstić information content (AvgIpc) is 2.92. The molecule has 1 aliphatic rings. The van der Waals surface area contributed by atoms with Crippen LogP contribution in [0, 0.1) is 0 Å². The molecule has 0 bridgehead atoms. The first-order chi connectivity index (χ1) is 13.9. The van der Waals surface area contributed by atoms with Gasteiger partial charge in [-0.25, -0.2) is 0 Å². The van der Waals surface area contributed by atoms with Gasteiger partial charge in [0, 0.05) is 5.56 Å². The second-order valence-corrected chi connectivity index (χ2v) is 9.61. The van der Waals surface area contributed by atoms with Crippen molar-refractivity contribution in [2.75, 3.05) is 0 Å². The van der Waals surface area contributed by atoms with Gasteiger partial charge in [0.1, 0.15) is 15.7 Å². The Labute approximate surface area is 177 Å². The Hall–Kier alpha value is -3.14. The van der Waals surface area contributed by atoms with Crippen LogP contribution in [0.15, 0.2) is 66.2 Å². The van der Waals surface area contributed by atoms with Gasteiger partial charge in [-0.3, -0.25) is 9.59 Å². The Balaban J connectivity index is 1.91. The molecule has 0 aromatic heterocycles. The number of hydrogen-bond acceptors (Lipinski definition) is 7. The van der Waals surface area contributed by atoms with Gasteiger partial charge >= 0.3 is 10.1 Å². The number of hydrogen-bond donors (Lipinski definition) is 2. The fourth-order valence-corrected chi connectivity index (χ4v) is 4.07. The summed E-state index contributed by atoms with van der Waals surface area (Å²) < 4.78 is 35.3. The minimum atomic E-state index is -4.31. The van der Waals surface area contributed by atoms with E-state index in [1.807, 2.05) is 0 Å². The summed E-state index contributed by atoms with van der Waals surface area (Å²) in [5.74, 6) is -2.39. The van der Waals surface area contributed by atoms with Crippen LogP contribution in [-0.4, -0.2) is 43.6 Å².